The number of benzene rings is 1. The number of thioether (sulfide) groups is 1. The molecule has 0 spiro atoms. The molecule has 0 amide bonds. The second kappa shape index (κ2) is 5.59. The molecule has 78 valence electrons. The fourth-order valence-electron chi connectivity index (χ4n) is 1.01. The molecule has 0 aliphatic heterocycles. The summed E-state index contributed by atoms with van der Waals surface area (Å²) in [5.41, 5.74) is 6.23. The third-order valence-electron chi connectivity index (χ3n) is 1.65. The van der Waals surface area contributed by atoms with Gasteiger partial charge in [0.05, 0.1) is 0 Å². The molecule has 0 fully saturated rings. The standard InChI is InChI=1S/C10H13ClFNS/c1-7(13)5-14-6-8-4-9(11)2-3-10(8)12/h2-4,7H,5-6,13H2,1H3. The van der Waals surface area contributed by atoms with Crippen LogP contribution in [0.25, 0.3) is 0 Å². The van der Waals surface area contributed by atoms with Gasteiger partial charge in [0, 0.05) is 22.6 Å². The molecule has 0 heterocycles. The van der Waals surface area contributed by atoms with E-state index in [0.29, 0.717) is 16.3 Å². The van der Waals surface area contributed by atoms with E-state index in [-0.39, 0.29) is 11.9 Å². The summed E-state index contributed by atoms with van der Waals surface area (Å²) < 4.78 is 13.2. The van der Waals surface area contributed by atoms with Crippen molar-refractivity contribution in [3.8, 4) is 0 Å². The lowest BCUT2D eigenvalue weighted by Crippen LogP contribution is -2.17. The smallest absolute Gasteiger partial charge is 0.127 e. The zero-order valence-corrected chi connectivity index (χ0v) is 9.54. The molecule has 14 heavy (non-hydrogen) atoms. The Hall–Kier alpha value is -0.250. The van der Waals surface area contributed by atoms with E-state index < -0.39 is 0 Å². The van der Waals surface area contributed by atoms with Crippen LogP contribution in [0.3, 0.4) is 0 Å². The van der Waals surface area contributed by atoms with Crippen molar-refractivity contribution in [1.29, 1.82) is 0 Å². The summed E-state index contributed by atoms with van der Waals surface area (Å²) in [5.74, 6) is 1.24. The fourth-order valence-corrected chi connectivity index (χ4v) is 2.13. The molecular weight excluding hydrogens is 221 g/mol. The summed E-state index contributed by atoms with van der Waals surface area (Å²) in [7, 11) is 0. The van der Waals surface area contributed by atoms with E-state index in [1.165, 1.54) is 6.07 Å². The highest BCUT2D eigenvalue weighted by Crippen LogP contribution is 2.20. The lowest BCUT2D eigenvalue weighted by Gasteiger charge is -2.06. The van der Waals surface area contributed by atoms with E-state index in [1.807, 2.05) is 6.92 Å². The van der Waals surface area contributed by atoms with Crippen molar-refractivity contribution in [2.24, 2.45) is 5.73 Å². The second-order valence-corrected chi connectivity index (χ2v) is 4.69. The summed E-state index contributed by atoms with van der Waals surface area (Å²) in [6, 6.07) is 4.74. The molecule has 1 aromatic carbocycles. The van der Waals surface area contributed by atoms with E-state index in [0.717, 1.165) is 5.75 Å². The first-order valence-corrected chi connectivity index (χ1v) is 5.90. The van der Waals surface area contributed by atoms with Crippen LogP contribution in [-0.4, -0.2) is 11.8 Å². The molecule has 1 aromatic rings. The quantitative estimate of drug-likeness (QED) is 0.865. The number of halogens is 2. The highest BCUT2D eigenvalue weighted by Gasteiger charge is 2.03. The normalized spacial score (nSPS) is 12.9. The minimum absolute atomic E-state index is 0.141. The summed E-state index contributed by atoms with van der Waals surface area (Å²) >= 11 is 7.37. The number of nitrogens with two attached hydrogens (primary N) is 1. The molecular formula is C10H13ClFNS. The Morgan fingerprint density at radius 2 is 2.29 bits per heavy atom. The van der Waals surface area contributed by atoms with Crippen LogP contribution in [0, 0.1) is 5.82 Å². The zero-order chi connectivity index (χ0) is 10.6. The maximum atomic E-state index is 13.2. The van der Waals surface area contributed by atoms with Crippen LogP contribution >= 0.6 is 23.4 Å². The highest BCUT2D eigenvalue weighted by molar-refractivity contribution is 7.98. The summed E-state index contributed by atoms with van der Waals surface area (Å²) in [6.07, 6.45) is 0. The molecule has 0 bridgehead atoms. The minimum Gasteiger partial charge on any atom is -0.327 e. The van der Waals surface area contributed by atoms with Crippen molar-refractivity contribution in [2.45, 2.75) is 18.7 Å². The average molecular weight is 234 g/mol. The van der Waals surface area contributed by atoms with Gasteiger partial charge in [-0.05, 0) is 30.7 Å². The minimum atomic E-state index is -0.202. The van der Waals surface area contributed by atoms with Gasteiger partial charge in [0.2, 0.25) is 0 Å². The van der Waals surface area contributed by atoms with Crippen molar-refractivity contribution in [3.63, 3.8) is 0 Å². The van der Waals surface area contributed by atoms with Gasteiger partial charge in [0.25, 0.3) is 0 Å². The highest BCUT2D eigenvalue weighted by atomic mass is 35.5. The summed E-state index contributed by atoms with van der Waals surface area (Å²) in [5, 5.41) is 0.572. The van der Waals surface area contributed by atoms with E-state index in [2.05, 4.69) is 0 Å². The van der Waals surface area contributed by atoms with Crippen LogP contribution in [0.5, 0.6) is 0 Å². The van der Waals surface area contributed by atoms with Gasteiger partial charge in [-0.2, -0.15) is 11.8 Å². The molecule has 4 heteroatoms. The molecule has 0 saturated carbocycles. The lowest BCUT2D eigenvalue weighted by molar-refractivity contribution is 0.617. The summed E-state index contributed by atoms with van der Waals surface area (Å²) in [6.45, 7) is 1.93. The van der Waals surface area contributed by atoms with Gasteiger partial charge in [-0.15, -0.1) is 0 Å². The molecule has 1 rings (SSSR count). The molecule has 0 radical (unpaired) electrons. The Bertz CT molecular complexity index is 304. The average Bonchev–Trinajstić information content (AvgIpc) is 2.10. The molecule has 0 aliphatic rings. The van der Waals surface area contributed by atoms with E-state index in [9.17, 15) is 4.39 Å². The molecule has 1 atom stereocenters. The van der Waals surface area contributed by atoms with Crippen LogP contribution in [-0.2, 0) is 5.75 Å². The largest absolute Gasteiger partial charge is 0.327 e. The van der Waals surface area contributed by atoms with E-state index in [1.54, 1.807) is 23.9 Å². The van der Waals surface area contributed by atoms with Crippen molar-refractivity contribution in [2.75, 3.05) is 5.75 Å². The lowest BCUT2D eigenvalue weighted by atomic mass is 10.2. The van der Waals surface area contributed by atoms with Crippen LogP contribution in [0.4, 0.5) is 4.39 Å². The molecule has 2 N–H and O–H groups in total. The van der Waals surface area contributed by atoms with Gasteiger partial charge < -0.3 is 5.73 Å². The molecule has 1 unspecified atom stereocenters. The van der Waals surface area contributed by atoms with Gasteiger partial charge in [-0.25, -0.2) is 4.39 Å². The third kappa shape index (κ3) is 3.86. The predicted molar refractivity (Wildman–Crippen MR) is 61.2 cm³/mol. The van der Waals surface area contributed by atoms with Crippen LogP contribution < -0.4 is 5.73 Å². The molecule has 0 aromatic heterocycles. The first-order chi connectivity index (χ1) is 6.59. The Labute approximate surface area is 92.8 Å². The van der Waals surface area contributed by atoms with E-state index in [4.69, 9.17) is 17.3 Å². The first kappa shape index (κ1) is 11.8. The monoisotopic (exact) mass is 233 g/mol. The zero-order valence-electron chi connectivity index (χ0n) is 7.97. The van der Waals surface area contributed by atoms with Crippen molar-refractivity contribution in [3.05, 3.63) is 34.6 Å². The second-order valence-electron chi connectivity index (χ2n) is 3.23. The topological polar surface area (TPSA) is 26.0 Å². The van der Waals surface area contributed by atoms with Crippen LogP contribution in [0.2, 0.25) is 5.02 Å². The van der Waals surface area contributed by atoms with Crippen LogP contribution in [0.15, 0.2) is 18.2 Å². The van der Waals surface area contributed by atoms with Gasteiger partial charge in [0.1, 0.15) is 5.82 Å². The van der Waals surface area contributed by atoms with Crippen molar-refractivity contribution >= 4 is 23.4 Å². The number of rotatable bonds is 4. The molecule has 0 aliphatic carbocycles. The maximum Gasteiger partial charge on any atom is 0.127 e. The van der Waals surface area contributed by atoms with Gasteiger partial charge in [0.15, 0.2) is 0 Å². The Kier molecular flexibility index (Phi) is 4.72. The summed E-state index contributed by atoms with van der Waals surface area (Å²) in [4.78, 5) is 0. The molecule has 1 nitrogen and oxygen atoms in total. The van der Waals surface area contributed by atoms with Gasteiger partial charge in [-0.3, -0.25) is 0 Å². The maximum absolute atomic E-state index is 13.2. The Balaban J connectivity index is 2.53. The first-order valence-electron chi connectivity index (χ1n) is 4.37. The Morgan fingerprint density at radius 3 is 2.93 bits per heavy atom. The molecule has 0 saturated heterocycles. The van der Waals surface area contributed by atoms with Gasteiger partial charge >= 0.3 is 0 Å². The SMILES string of the molecule is CC(N)CSCc1cc(Cl)ccc1F. The van der Waals surface area contributed by atoms with Crippen molar-refractivity contribution < 1.29 is 4.39 Å². The number of hydrogen-bond donors (Lipinski definition) is 1. The number of hydrogen-bond acceptors (Lipinski definition) is 2. The van der Waals surface area contributed by atoms with E-state index >= 15 is 0 Å². The Morgan fingerprint density at radius 1 is 1.57 bits per heavy atom. The van der Waals surface area contributed by atoms with Crippen LogP contribution in [0.1, 0.15) is 12.5 Å². The van der Waals surface area contributed by atoms with Gasteiger partial charge in [-0.1, -0.05) is 11.6 Å². The predicted octanol–water partition coefficient (Wildman–Crippen LogP) is 3.06. The third-order valence-corrected chi connectivity index (χ3v) is 3.16. The fraction of sp³-hybridized carbons (Fsp3) is 0.400. The van der Waals surface area contributed by atoms with Crippen molar-refractivity contribution in [1.82, 2.24) is 0 Å².